The van der Waals surface area contributed by atoms with Crippen LogP contribution in [0.2, 0.25) is 5.02 Å². The number of anilines is 2. The van der Waals surface area contributed by atoms with E-state index in [4.69, 9.17) is 16.3 Å². The molecule has 0 radical (unpaired) electrons. The van der Waals surface area contributed by atoms with Crippen LogP contribution in [0, 0.1) is 0 Å². The Labute approximate surface area is 170 Å². The van der Waals surface area contributed by atoms with Gasteiger partial charge in [0, 0.05) is 36.0 Å². The normalized spacial score (nSPS) is 10.1. The molecule has 0 aliphatic heterocycles. The van der Waals surface area contributed by atoms with Crippen molar-refractivity contribution in [2.45, 2.75) is 13.3 Å². The van der Waals surface area contributed by atoms with Crippen LogP contribution in [0.25, 0.3) is 0 Å². The predicted octanol–water partition coefficient (Wildman–Crippen LogP) is 4.10. The Balaban J connectivity index is 2.06. The molecule has 0 saturated heterocycles. The smallest absolute Gasteiger partial charge is 0.326 e. The Bertz CT molecular complexity index is 783. The quantitative estimate of drug-likeness (QED) is 0.579. The van der Waals surface area contributed by atoms with Crippen LogP contribution in [0.15, 0.2) is 48.5 Å². The van der Waals surface area contributed by atoms with E-state index >= 15 is 0 Å². The topological polar surface area (TPSA) is 82.7 Å². The van der Waals surface area contributed by atoms with Gasteiger partial charge in [-0.05, 0) is 55.8 Å². The molecular formula is C20H25ClN4O3. The summed E-state index contributed by atoms with van der Waals surface area (Å²) in [7, 11) is 1.59. The van der Waals surface area contributed by atoms with Crippen molar-refractivity contribution < 1.29 is 14.3 Å². The number of nitrogens with zero attached hydrogens (tertiary/aromatic N) is 1. The van der Waals surface area contributed by atoms with Crippen LogP contribution < -0.4 is 25.6 Å². The van der Waals surface area contributed by atoms with E-state index in [0.29, 0.717) is 42.5 Å². The van der Waals surface area contributed by atoms with Gasteiger partial charge in [0.25, 0.3) is 0 Å². The first kappa shape index (κ1) is 21.4. The van der Waals surface area contributed by atoms with Crippen LogP contribution in [0.4, 0.5) is 21.0 Å². The Morgan fingerprint density at radius 2 is 1.86 bits per heavy atom. The summed E-state index contributed by atoms with van der Waals surface area (Å²) in [6.07, 6.45) is 0.589. The summed E-state index contributed by atoms with van der Waals surface area (Å²) in [6.45, 7) is 3.28. The maximum atomic E-state index is 12.9. The van der Waals surface area contributed by atoms with Gasteiger partial charge in [0.1, 0.15) is 5.75 Å². The van der Waals surface area contributed by atoms with Gasteiger partial charge in [-0.2, -0.15) is 0 Å². The van der Waals surface area contributed by atoms with Crippen molar-refractivity contribution in [1.82, 2.24) is 10.6 Å². The number of nitrogens with one attached hydrogen (secondary N) is 3. The van der Waals surface area contributed by atoms with Crippen LogP contribution in [0.1, 0.15) is 13.3 Å². The molecule has 28 heavy (non-hydrogen) atoms. The first-order valence-electron chi connectivity index (χ1n) is 9.03. The minimum atomic E-state index is -0.287. The number of halogens is 1. The molecule has 0 unspecified atom stereocenters. The molecule has 7 nitrogen and oxygen atoms in total. The summed E-state index contributed by atoms with van der Waals surface area (Å²) in [5.74, 6) is 0.705. The summed E-state index contributed by atoms with van der Waals surface area (Å²) in [5, 5.41) is 8.82. The minimum absolute atomic E-state index is 0.220. The lowest BCUT2D eigenvalue weighted by molar-refractivity contribution is 0.241. The lowest BCUT2D eigenvalue weighted by Crippen LogP contribution is -2.39. The number of benzene rings is 2. The van der Waals surface area contributed by atoms with Crippen molar-refractivity contribution in [2.24, 2.45) is 0 Å². The number of carbonyl (C=O) groups is 2. The molecule has 0 spiro atoms. The first-order valence-corrected chi connectivity index (χ1v) is 9.41. The van der Waals surface area contributed by atoms with Gasteiger partial charge in [-0.3, -0.25) is 4.90 Å². The summed E-state index contributed by atoms with van der Waals surface area (Å²) < 4.78 is 5.18. The molecule has 2 rings (SSSR count). The maximum absolute atomic E-state index is 12.9. The van der Waals surface area contributed by atoms with Crippen molar-refractivity contribution >= 4 is 35.0 Å². The van der Waals surface area contributed by atoms with Gasteiger partial charge in [0.2, 0.25) is 0 Å². The fourth-order valence-electron chi connectivity index (χ4n) is 2.53. The molecule has 0 heterocycles. The van der Waals surface area contributed by atoms with E-state index < -0.39 is 0 Å². The maximum Gasteiger partial charge on any atom is 0.326 e. The average Bonchev–Trinajstić information content (AvgIpc) is 2.68. The standard InChI is InChI=1S/C20H25ClN4O3/c1-3-22-19(26)23-12-5-13-25(17-8-10-18(28-2)11-9-17)20(27)24-16-7-4-6-15(21)14-16/h4,6-11,14H,3,5,12-13H2,1-2H3,(H,24,27)(H2,22,23,26). The van der Waals surface area contributed by atoms with Gasteiger partial charge in [-0.1, -0.05) is 17.7 Å². The SMILES string of the molecule is CCNC(=O)NCCCN(C(=O)Nc1cccc(Cl)c1)c1ccc(OC)cc1. The molecule has 0 saturated carbocycles. The lowest BCUT2D eigenvalue weighted by atomic mass is 10.2. The van der Waals surface area contributed by atoms with Crippen molar-refractivity contribution in [3.05, 3.63) is 53.6 Å². The largest absolute Gasteiger partial charge is 0.497 e. The predicted molar refractivity (Wildman–Crippen MR) is 113 cm³/mol. The van der Waals surface area contributed by atoms with Crippen LogP contribution >= 0.6 is 11.6 Å². The number of ether oxygens (including phenoxy) is 1. The van der Waals surface area contributed by atoms with Crippen LogP contribution in [0.3, 0.4) is 0 Å². The van der Waals surface area contributed by atoms with E-state index in [1.54, 1.807) is 48.4 Å². The molecular weight excluding hydrogens is 380 g/mol. The fourth-order valence-corrected chi connectivity index (χ4v) is 2.72. The molecule has 0 bridgehead atoms. The van der Waals surface area contributed by atoms with Crippen molar-refractivity contribution in [3.8, 4) is 5.75 Å². The summed E-state index contributed by atoms with van der Waals surface area (Å²) in [4.78, 5) is 26.0. The number of carbonyl (C=O) groups excluding carboxylic acids is 2. The van der Waals surface area contributed by atoms with Crippen molar-refractivity contribution in [3.63, 3.8) is 0 Å². The van der Waals surface area contributed by atoms with Crippen molar-refractivity contribution in [1.29, 1.82) is 0 Å². The van der Waals surface area contributed by atoms with Crippen LogP contribution in [0.5, 0.6) is 5.75 Å². The first-order chi connectivity index (χ1) is 13.5. The molecule has 0 aromatic heterocycles. The zero-order valence-corrected chi connectivity index (χ0v) is 16.8. The summed E-state index contributed by atoms with van der Waals surface area (Å²) in [5.41, 5.74) is 1.33. The van der Waals surface area contributed by atoms with Crippen LogP contribution in [-0.4, -0.2) is 38.8 Å². The van der Waals surface area contributed by atoms with E-state index in [1.807, 2.05) is 19.1 Å². The molecule has 0 aliphatic carbocycles. The van der Waals surface area contributed by atoms with Gasteiger partial charge < -0.3 is 20.7 Å². The highest BCUT2D eigenvalue weighted by molar-refractivity contribution is 6.30. The average molecular weight is 405 g/mol. The Morgan fingerprint density at radius 1 is 1.11 bits per heavy atom. The molecule has 8 heteroatoms. The van der Waals surface area contributed by atoms with Gasteiger partial charge in [0.15, 0.2) is 0 Å². The molecule has 0 fully saturated rings. The second kappa shape index (κ2) is 11.0. The highest BCUT2D eigenvalue weighted by atomic mass is 35.5. The third-order valence-electron chi connectivity index (χ3n) is 3.89. The van der Waals surface area contributed by atoms with Crippen molar-refractivity contribution in [2.75, 3.05) is 37.0 Å². The summed E-state index contributed by atoms with van der Waals surface area (Å²) >= 11 is 5.99. The molecule has 2 aromatic rings. The van der Waals surface area contributed by atoms with Gasteiger partial charge >= 0.3 is 12.1 Å². The fraction of sp³-hybridized carbons (Fsp3) is 0.300. The van der Waals surface area contributed by atoms with E-state index in [-0.39, 0.29) is 12.1 Å². The molecule has 150 valence electrons. The Morgan fingerprint density at radius 3 is 2.50 bits per heavy atom. The van der Waals surface area contributed by atoms with E-state index in [9.17, 15) is 9.59 Å². The van der Waals surface area contributed by atoms with E-state index in [2.05, 4.69) is 16.0 Å². The molecule has 4 amide bonds. The molecule has 2 aromatic carbocycles. The second-order valence-electron chi connectivity index (χ2n) is 5.93. The Hall–Kier alpha value is -2.93. The van der Waals surface area contributed by atoms with Gasteiger partial charge in [-0.25, -0.2) is 9.59 Å². The third kappa shape index (κ3) is 6.66. The number of amides is 4. The second-order valence-corrected chi connectivity index (χ2v) is 6.37. The highest BCUT2D eigenvalue weighted by Gasteiger charge is 2.16. The minimum Gasteiger partial charge on any atom is -0.497 e. The molecule has 0 atom stereocenters. The number of urea groups is 2. The number of methoxy groups -OCH3 is 1. The zero-order valence-electron chi connectivity index (χ0n) is 16.0. The van der Waals surface area contributed by atoms with E-state index in [1.165, 1.54) is 0 Å². The van der Waals surface area contributed by atoms with Gasteiger partial charge in [-0.15, -0.1) is 0 Å². The highest BCUT2D eigenvalue weighted by Crippen LogP contribution is 2.21. The molecule has 3 N–H and O–H groups in total. The number of hydrogen-bond donors (Lipinski definition) is 3. The number of rotatable bonds is 8. The monoisotopic (exact) mass is 404 g/mol. The van der Waals surface area contributed by atoms with Crippen LogP contribution in [-0.2, 0) is 0 Å². The number of hydrogen-bond acceptors (Lipinski definition) is 3. The third-order valence-corrected chi connectivity index (χ3v) is 4.12. The Kier molecular flexibility index (Phi) is 8.42. The van der Waals surface area contributed by atoms with E-state index in [0.717, 1.165) is 5.69 Å². The zero-order chi connectivity index (χ0) is 20.4. The van der Waals surface area contributed by atoms with Gasteiger partial charge in [0.05, 0.1) is 7.11 Å². The summed E-state index contributed by atoms with van der Waals surface area (Å²) in [6, 6.07) is 13.7. The molecule has 0 aliphatic rings. The lowest BCUT2D eigenvalue weighted by Gasteiger charge is -2.23.